The molecule has 0 saturated carbocycles. The van der Waals surface area contributed by atoms with Gasteiger partial charge in [-0.3, -0.25) is 14.3 Å². The highest BCUT2D eigenvalue weighted by Crippen LogP contribution is 2.28. The molecular formula is C30H30N4O3. The van der Waals surface area contributed by atoms with E-state index in [1.807, 2.05) is 76.0 Å². The summed E-state index contributed by atoms with van der Waals surface area (Å²) in [4.78, 5) is 30.8. The number of nitrogens with zero attached hydrogens (tertiary/aromatic N) is 4. The minimum absolute atomic E-state index is 0.0231. The highest BCUT2D eigenvalue weighted by Gasteiger charge is 2.33. The average molecular weight is 495 g/mol. The van der Waals surface area contributed by atoms with Gasteiger partial charge in [-0.2, -0.15) is 5.10 Å². The van der Waals surface area contributed by atoms with Crippen LogP contribution in [0, 0.1) is 6.92 Å². The first-order valence-corrected chi connectivity index (χ1v) is 12.9. The third-order valence-corrected chi connectivity index (χ3v) is 7.33. The monoisotopic (exact) mass is 494 g/mol. The summed E-state index contributed by atoms with van der Waals surface area (Å²) >= 11 is 0. The third kappa shape index (κ3) is 4.57. The van der Waals surface area contributed by atoms with Crippen LogP contribution in [-0.2, 0) is 19.5 Å². The zero-order valence-corrected chi connectivity index (χ0v) is 21.0. The lowest BCUT2D eigenvalue weighted by Gasteiger charge is -2.28. The molecule has 2 amide bonds. The zero-order chi connectivity index (χ0) is 25.4. The number of amides is 2. The summed E-state index contributed by atoms with van der Waals surface area (Å²) < 4.78 is 7.73. The smallest absolute Gasteiger partial charge is 0.274 e. The lowest BCUT2D eigenvalue weighted by molar-refractivity contribution is 0.0722. The summed E-state index contributed by atoms with van der Waals surface area (Å²) in [6.07, 6.45) is 2.70. The van der Waals surface area contributed by atoms with Gasteiger partial charge in [0.15, 0.2) is 5.69 Å². The first kappa shape index (κ1) is 23.3. The standard InChI is InChI=1S/C30H30N4O3/c1-21-12-13-27(37-21)23-10-7-11-24(18-23)29(35)33-17-14-26-25(20-33)28(30(36)32-15-5-6-16-32)31-34(26)19-22-8-3-2-4-9-22/h2-4,7-13,18H,5-6,14-17,19-20H2,1H3. The number of aryl methyl sites for hydroxylation is 1. The van der Waals surface area contributed by atoms with Gasteiger partial charge in [-0.25, -0.2) is 0 Å². The zero-order valence-electron chi connectivity index (χ0n) is 21.0. The van der Waals surface area contributed by atoms with Crippen LogP contribution in [-0.4, -0.2) is 51.0 Å². The van der Waals surface area contributed by atoms with Crippen molar-refractivity contribution in [3.05, 3.63) is 101 Å². The van der Waals surface area contributed by atoms with Gasteiger partial charge < -0.3 is 14.2 Å². The van der Waals surface area contributed by atoms with Crippen LogP contribution in [0.5, 0.6) is 0 Å². The highest BCUT2D eigenvalue weighted by atomic mass is 16.3. The Morgan fingerprint density at radius 3 is 2.46 bits per heavy atom. The molecule has 1 saturated heterocycles. The second-order valence-corrected chi connectivity index (χ2v) is 9.88. The summed E-state index contributed by atoms with van der Waals surface area (Å²) in [5.41, 5.74) is 5.04. The molecule has 0 N–H and O–H groups in total. The summed E-state index contributed by atoms with van der Waals surface area (Å²) in [5.74, 6) is 1.50. The van der Waals surface area contributed by atoms with Crippen molar-refractivity contribution in [3.63, 3.8) is 0 Å². The van der Waals surface area contributed by atoms with Gasteiger partial charge in [0.1, 0.15) is 11.5 Å². The fraction of sp³-hybridized carbons (Fsp3) is 0.300. The van der Waals surface area contributed by atoms with E-state index in [0.29, 0.717) is 37.3 Å². The van der Waals surface area contributed by atoms with E-state index in [2.05, 4.69) is 12.1 Å². The third-order valence-electron chi connectivity index (χ3n) is 7.33. The molecule has 188 valence electrons. The summed E-state index contributed by atoms with van der Waals surface area (Å²) in [6.45, 7) is 5.00. The number of fused-ring (bicyclic) bond motifs is 1. The molecule has 2 aliphatic heterocycles. The Morgan fingerprint density at radius 1 is 0.892 bits per heavy atom. The quantitative estimate of drug-likeness (QED) is 0.394. The number of carbonyl (C=O) groups excluding carboxylic acids is 2. The summed E-state index contributed by atoms with van der Waals surface area (Å²) in [5, 5.41) is 4.83. The molecule has 4 aromatic rings. The number of rotatable bonds is 5. The maximum Gasteiger partial charge on any atom is 0.274 e. The molecule has 0 unspecified atom stereocenters. The van der Waals surface area contributed by atoms with E-state index in [4.69, 9.17) is 9.52 Å². The maximum atomic E-state index is 13.6. The molecule has 1 fully saturated rings. The molecule has 2 aromatic carbocycles. The molecule has 7 nitrogen and oxygen atoms in total. The van der Waals surface area contributed by atoms with Crippen molar-refractivity contribution in [1.29, 1.82) is 0 Å². The Hall–Kier alpha value is -4.13. The molecule has 0 bridgehead atoms. The Bertz CT molecular complexity index is 1450. The molecule has 2 aliphatic rings. The van der Waals surface area contributed by atoms with Gasteiger partial charge >= 0.3 is 0 Å². The van der Waals surface area contributed by atoms with Crippen LogP contribution < -0.4 is 0 Å². The molecule has 2 aromatic heterocycles. The van der Waals surface area contributed by atoms with Crippen LogP contribution in [0.2, 0.25) is 0 Å². The van der Waals surface area contributed by atoms with E-state index in [9.17, 15) is 9.59 Å². The highest BCUT2D eigenvalue weighted by molar-refractivity contribution is 5.97. The minimum atomic E-state index is -0.0499. The van der Waals surface area contributed by atoms with Gasteiger partial charge in [-0.05, 0) is 49.6 Å². The van der Waals surface area contributed by atoms with E-state index < -0.39 is 0 Å². The molecule has 0 atom stereocenters. The first-order valence-electron chi connectivity index (χ1n) is 12.9. The number of aromatic nitrogens is 2. The van der Waals surface area contributed by atoms with Gasteiger partial charge in [0.05, 0.1) is 13.1 Å². The van der Waals surface area contributed by atoms with Crippen molar-refractivity contribution in [3.8, 4) is 11.3 Å². The van der Waals surface area contributed by atoms with Crippen LogP contribution in [0.4, 0.5) is 0 Å². The van der Waals surface area contributed by atoms with Crippen molar-refractivity contribution in [2.45, 2.75) is 39.3 Å². The fourth-order valence-electron chi connectivity index (χ4n) is 5.37. The number of likely N-dealkylation sites (tertiary alicyclic amines) is 1. The van der Waals surface area contributed by atoms with Crippen molar-refractivity contribution in [2.75, 3.05) is 19.6 Å². The lowest BCUT2D eigenvalue weighted by atomic mass is 10.0. The second kappa shape index (κ2) is 9.73. The number of carbonyl (C=O) groups is 2. The number of benzene rings is 2. The fourth-order valence-corrected chi connectivity index (χ4v) is 5.37. The van der Waals surface area contributed by atoms with Crippen molar-refractivity contribution >= 4 is 11.8 Å². The van der Waals surface area contributed by atoms with Crippen LogP contribution >= 0.6 is 0 Å². The largest absolute Gasteiger partial charge is 0.461 e. The van der Waals surface area contributed by atoms with Gasteiger partial charge in [-0.15, -0.1) is 0 Å². The van der Waals surface area contributed by atoms with Gasteiger partial charge in [0.25, 0.3) is 11.8 Å². The van der Waals surface area contributed by atoms with E-state index in [1.165, 1.54) is 0 Å². The Kier molecular flexibility index (Phi) is 6.12. The van der Waals surface area contributed by atoms with E-state index in [-0.39, 0.29) is 11.8 Å². The molecule has 37 heavy (non-hydrogen) atoms. The Balaban J connectivity index is 1.30. The number of furan rings is 1. The Labute approximate surface area is 216 Å². The molecule has 7 heteroatoms. The second-order valence-electron chi connectivity index (χ2n) is 9.88. The van der Waals surface area contributed by atoms with E-state index in [1.54, 1.807) is 0 Å². The predicted octanol–water partition coefficient (Wildman–Crippen LogP) is 4.93. The van der Waals surface area contributed by atoms with Crippen LogP contribution in [0.25, 0.3) is 11.3 Å². The van der Waals surface area contributed by atoms with Crippen molar-refractivity contribution in [1.82, 2.24) is 19.6 Å². The maximum absolute atomic E-state index is 13.6. The molecule has 6 rings (SSSR count). The van der Waals surface area contributed by atoms with Crippen molar-refractivity contribution < 1.29 is 14.0 Å². The summed E-state index contributed by atoms with van der Waals surface area (Å²) in [7, 11) is 0. The predicted molar refractivity (Wildman–Crippen MR) is 140 cm³/mol. The van der Waals surface area contributed by atoms with Crippen LogP contribution in [0.3, 0.4) is 0 Å². The number of hydrogen-bond donors (Lipinski definition) is 0. The minimum Gasteiger partial charge on any atom is -0.461 e. The van der Waals surface area contributed by atoms with Gasteiger partial charge in [0.2, 0.25) is 0 Å². The van der Waals surface area contributed by atoms with E-state index >= 15 is 0 Å². The van der Waals surface area contributed by atoms with Crippen molar-refractivity contribution in [2.24, 2.45) is 0 Å². The van der Waals surface area contributed by atoms with Gasteiger partial charge in [-0.1, -0.05) is 42.5 Å². The SMILES string of the molecule is Cc1ccc(-c2cccc(C(=O)N3CCc4c(c(C(=O)N5CCCC5)nn4Cc4ccccc4)C3)c2)o1. The van der Waals surface area contributed by atoms with E-state index in [0.717, 1.165) is 59.8 Å². The van der Waals surface area contributed by atoms with Crippen LogP contribution in [0.15, 0.2) is 71.1 Å². The average Bonchev–Trinajstić information content (AvgIpc) is 3.69. The molecule has 0 radical (unpaired) electrons. The first-order chi connectivity index (χ1) is 18.1. The lowest BCUT2D eigenvalue weighted by Crippen LogP contribution is -2.37. The normalized spacial score (nSPS) is 15.2. The Morgan fingerprint density at radius 2 is 1.70 bits per heavy atom. The topological polar surface area (TPSA) is 71.6 Å². The molecular weight excluding hydrogens is 464 g/mol. The summed E-state index contributed by atoms with van der Waals surface area (Å²) in [6, 6.07) is 21.6. The van der Waals surface area contributed by atoms with Gasteiger partial charge in [0, 0.05) is 48.4 Å². The molecule has 0 aliphatic carbocycles. The number of hydrogen-bond acceptors (Lipinski definition) is 4. The molecule has 0 spiro atoms. The van der Waals surface area contributed by atoms with Crippen LogP contribution in [0.1, 0.15) is 56.3 Å². The molecule has 4 heterocycles.